The second-order valence-corrected chi connectivity index (χ2v) is 8.17. The highest BCUT2D eigenvalue weighted by Crippen LogP contribution is 2.34. The van der Waals surface area contributed by atoms with Crippen LogP contribution in [0, 0.1) is 5.82 Å². The van der Waals surface area contributed by atoms with Gasteiger partial charge in [-0.3, -0.25) is 9.69 Å². The third-order valence-corrected chi connectivity index (χ3v) is 6.19. The van der Waals surface area contributed by atoms with Crippen molar-refractivity contribution in [2.75, 3.05) is 46.1 Å². The van der Waals surface area contributed by atoms with E-state index in [4.69, 9.17) is 9.47 Å². The zero-order valence-electron chi connectivity index (χ0n) is 17.2. The molecular weight excluding hydrogens is 383 g/mol. The molecule has 0 aliphatic carbocycles. The number of carbonyl (C=O) groups excluding carboxylic acids is 1. The van der Waals surface area contributed by atoms with Gasteiger partial charge in [0.05, 0.1) is 13.2 Å². The first-order valence-electron chi connectivity index (χ1n) is 10.7. The number of rotatable bonds is 6. The molecule has 30 heavy (non-hydrogen) atoms. The molecule has 0 bridgehead atoms. The summed E-state index contributed by atoms with van der Waals surface area (Å²) < 4.78 is 24.4. The molecular formula is C24H29FN2O3. The molecule has 0 saturated carbocycles. The first-order chi connectivity index (χ1) is 14.6. The maximum Gasteiger partial charge on any atom is 0.251 e. The van der Waals surface area contributed by atoms with Gasteiger partial charge < -0.3 is 14.8 Å². The number of morpholine rings is 1. The Morgan fingerprint density at radius 3 is 2.43 bits per heavy atom. The molecule has 2 saturated heterocycles. The Morgan fingerprint density at radius 2 is 1.70 bits per heavy atom. The van der Waals surface area contributed by atoms with Gasteiger partial charge in [-0.05, 0) is 48.2 Å². The summed E-state index contributed by atoms with van der Waals surface area (Å²) in [5.41, 5.74) is 2.62. The number of nitrogens with one attached hydrogen (secondary N) is 1. The summed E-state index contributed by atoms with van der Waals surface area (Å²) in [6, 6.07) is 14.5. The lowest BCUT2D eigenvalue weighted by atomic mass is 9.74. The minimum Gasteiger partial charge on any atom is -0.381 e. The highest BCUT2D eigenvalue weighted by molar-refractivity contribution is 5.94. The number of hydrogen-bond acceptors (Lipinski definition) is 4. The number of benzene rings is 2. The standard InChI is InChI=1S/C24H29FN2O3/c25-22-6-4-21(5-7-22)24(8-12-29-13-9-24)18-26-23(28)20-3-1-2-19(16-20)17-27-10-14-30-15-11-27/h1-7,16H,8-15,17-18H2,(H,26,28). The molecule has 2 fully saturated rings. The number of halogens is 1. The number of nitrogens with zero attached hydrogens (tertiary/aromatic N) is 1. The predicted octanol–water partition coefficient (Wildman–Crippen LogP) is 3.14. The van der Waals surface area contributed by atoms with Gasteiger partial charge in [-0.2, -0.15) is 0 Å². The van der Waals surface area contributed by atoms with Gasteiger partial charge >= 0.3 is 0 Å². The van der Waals surface area contributed by atoms with E-state index in [-0.39, 0.29) is 17.1 Å². The normalized spacial score (nSPS) is 19.4. The fourth-order valence-corrected chi connectivity index (χ4v) is 4.31. The zero-order chi connectivity index (χ0) is 20.8. The lowest BCUT2D eigenvalue weighted by Crippen LogP contribution is -2.44. The highest BCUT2D eigenvalue weighted by Gasteiger charge is 2.35. The summed E-state index contributed by atoms with van der Waals surface area (Å²) in [4.78, 5) is 15.3. The smallest absolute Gasteiger partial charge is 0.251 e. The average molecular weight is 413 g/mol. The van der Waals surface area contributed by atoms with E-state index in [1.807, 2.05) is 30.3 Å². The van der Waals surface area contributed by atoms with Gasteiger partial charge in [0.1, 0.15) is 5.82 Å². The van der Waals surface area contributed by atoms with Crippen molar-refractivity contribution in [1.29, 1.82) is 0 Å². The van der Waals surface area contributed by atoms with Crippen molar-refractivity contribution in [3.63, 3.8) is 0 Å². The van der Waals surface area contributed by atoms with Gasteiger partial charge in [0.25, 0.3) is 5.91 Å². The van der Waals surface area contributed by atoms with Crippen molar-refractivity contribution < 1.29 is 18.7 Å². The topological polar surface area (TPSA) is 50.8 Å². The Bertz CT molecular complexity index is 844. The van der Waals surface area contributed by atoms with E-state index in [1.54, 1.807) is 0 Å². The largest absolute Gasteiger partial charge is 0.381 e. The molecule has 5 nitrogen and oxygen atoms in total. The van der Waals surface area contributed by atoms with E-state index < -0.39 is 0 Å². The van der Waals surface area contributed by atoms with Crippen molar-refractivity contribution in [3.8, 4) is 0 Å². The van der Waals surface area contributed by atoms with Crippen molar-refractivity contribution >= 4 is 5.91 Å². The molecule has 6 heteroatoms. The molecule has 0 spiro atoms. The zero-order valence-corrected chi connectivity index (χ0v) is 17.2. The van der Waals surface area contributed by atoms with E-state index in [0.717, 1.165) is 56.8 Å². The quantitative estimate of drug-likeness (QED) is 0.792. The highest BCUT2D eigenvalue weighted by atomic mass is 19.1. The summed E-state index contributed by atoms with van der Waals surface area (Å²) in [5.74, 6) is -0.325. The molecule has 1 N–H and O–H groups in total. The van der Waals surface area contributed by atoms with Crippen LogP contribution in [-0.4, -0.2) is 56.9 Å². The third-order valence-electron chi connectivity index (χ3n) is 6.19. The molecule has 2 aromatic rings. The predicted molar refractivity (Wildman–Crippen MR) is 113 cm³/mol. The fraction of sp³-hybridized carbons (Fsp3) is 0.458. The SMILES string of the molecule is O=C(NCC1(c2ccc(F)cc2)CCOCC1)c1cccc(CN2CCOCC2)c1. The molecule has 1 amide bonds. The Morgan fingerprint density at radius 1 is 1.00 bits per heavy atom. The summed E-state index contributed by atoms with van der Waals surface area (Å²) in [6.07, 6.45) is 1.60. The van der Waals surface area contributed by atoms with Gasteiger partial charge in [0, 0.05) is 50.4 Å². The van der Waals surface area contributed by atoms with E-state index >= 15 is 0 Å². The lowest BCUT2D eigenvalue weighted by molar-refractivity contribution is 0.0342. The van der Waals surface area contributed by atoms with E-state index in [1.165, 1.54) is 12.1 Å². The van der Waals surface area contributed by atoms with Crippen molar-refractivity contribution in [3.05, 3.63) is 71.0 Å². The molecule has 2 heterocycles. The van der Waals surface area contributed by atoms with Crippen molar-refractivity contribution in [2.24, 2.45) is 0 Å². The number of hydrogen-bond donors (Lipinski definition) is 1. The minimum atomic E-state index is -0.248. The molecule has 160 valence electrons. The van der Waals surface area contributed by atoms with Crippen LogP contribution in [0.2, 0.25) is 0 Å². The Hall–Kier alpha value is -2.28. The van der Waals surface area contributed by atoms with Crippen LogP contribution in [0.4, 0.5) is 4.39 Å². The van der Waals surface area contributed by atoms with Crippen LogP contribution < -0.4 is 5.32 Å². The summed E-state index contributed by atoms with van der Waals surface area (Å²) in [5, 5.41) is 3.13. The summed E-state index contributed by atoms with van der Waals surface area (Å²) in [7, 11) is 0. The first-order valence-corrected chi connectivity index (χ1v) is 10.7. The Balaban J connectivity index is 1.43. The minimum absolute atomic E-state index is 0.0770. The van der Waals surface area contributed by atoms with Crippen molar-refractivity contribution in [1.82, 2.24) is 10.2 Å². The summed E-state index contributed by atoms with van der Waals surface area (Å²) in [6.45, 7) is 5.96. The van der Waals surface area contributed by atoms with Crippen LogP contribution in [0.3, 0.4) is 0 Å². The molecule has 0 radical (unpaired) electrons. The van der Waals surface area contributed by atoms with Crippen LogP contribution in [0.5, 0.6) is 0 Å². The van der Waals surface area contributed by atoms with Gasteiger partial charge in [0.15, 0.2) is 0 Å². The molecule has 4 rings (SSSR count). The van der Waals surface area contributed by atoms with Gasteiger partial charge in [0.2, 0.25) is 0 Å². The maximum absolute atomic E-state index is 13.4. The number of ether oxygens (including phenoxy) is 2. The Kier molecular flexibility index (Phi) is 6.77. The van der Waals surface area contributed by atoms with Gasteiger partial charge in [-0.1, -0.05) is 24.3 Å². The van der Waals surface area contributed by atoms with E-state index in [9.17, 15) is 9.18 Å². The van der Waals surface area contributed by atoms with E-state index in [0.29, 0.717) is 25.3 Å². The van der Waals surface area contributed by atoms with Crippen LogP contribution in [0.25, 0.3) is 0 Å². The molecule has 0 unspecified atom stereocenters. The molecule has 2 aromatic carbocycles. The van der Waals surface area contributed by atoms with Crippen molar-refractivity contribution in [2.45, 2.75) is 24.8 Å². The van der Waals surface area contributed by atoms with Crippen LogP contribution >= 0.6 is 0 Å². The monoisotopic (exact) mass is 412 g/mol. The number of carbonyl (C=O) groups is 1. The maximum atomic E-state index is 13.4. The second-order valence-electron chi connectivity index (χ2n) is 8.17. The molecule has 2 aliphatic rings. The summed E-state index contributed by atoms with van der Waals surface area (Å²) >= 11 is 0. The fourth-order valence-electron chi connectivity index (χ4n) is 4.31. The molecule has 0 aromatic heterocycles. The first kappa shape index (κ1) is 21.0. The van der Waals surface area contributed by atoms with Crippen LogP contribution in [0.1, 0.15) is 34.3 Å². The van der Waals surface area contributed by atoms with Gasteiger partial charge in [-0.25, -0.2) is 4.39 Å². The average Bonchev–Trinajstić information content (AvgIpc) is 2.79. The third kappa shape index (κ3) is 5.06. The lowest BCUT2D eigenvalue weighted by Gasteiger charge is -2.38. The van der Waals surface area contributed by atoms with Gasteiger partial charge in [-0.15, -0.1) is 0 Å². The van der Waals surface area contributed by atoms with Crippen LogP contribution in [-0.2, 0) is 21.4 Å². The number of amides is 1. The molecule has 2 aliphatic heterocycles. The Labute approximate surface area is 177 Å². The van der Waals surface area contributed by atoms with E-state index in [2.05, 4.69) is 16.3 Å². The molecule has 0 atom stereocenters. The second kappa shape index (κ2) is 9.69. The van der Waals surface area contributed by atoms with Crippen LogP contribution in [0.15, 0.2) is 48.5 Å².